The van der Waals surface area contributed by atoms with Crippen molar-refractivity contribution >= 4 is 40.3 Å². The zero-order valence-electron chi connectivity index (χ0n) is 13.9. The van der Waals surface area contributed by atoms with Crippen molar-refractivity contribution in [2.24, 2.45) is 0 Å². The Morgan fingerprint density at radius 2 is 1.96 bits per heavy atom. The van der Waals surface area contributed by atoms with Gasteiger partial charge in [-0.2, -0.15) is 0 Å². The summed E-state index contributed by atoms with van der Waals surface area (Å²) in [7, 11) is 0. The molecule has 3 fully saturated rings. The minimum Gasteiger partial charge on any atom is -0.450 e. The number of rotatable bonds is 3. The van der Waals surface area contributed by atoms with E-state index in [0.717, 1.165) is 12.8 Å². The lowest BCUT2D eigenvalue weighted by molar-refractivity contribution is -0.123. The van der Waals surface area contributed by atoms with Gasteiger partial charge in [0.05, 0.1) is 11.5 Å². The number of ether oxygens (including phenoxy) is 1. The van der Waals surface area contributed by atoms with E-state index in [4.69, 9.17) is 17.0 Å². The summed E-state index contributed by atoms with van der Waals surface area (Å²) in [6.45, 7) is 4.82. The third-order valence-corrected chi connectivity index (χ3v) is 5.97. The van der Waals surface area contributed by atoms with Crippen LogP contribution in [0.2, 0.25) is 0 Å². The first kappa shape index (κ1) is 17.5. The molecular weight excluding hydrogens is 346 g/mol. The first-order chi connectivity index (χ1) is 11.6. The van der Waals surface area contributed by atoms with Crippen molar-refractivity contribution in [3.8, 4) is 0 Å². The molecule has 0 aromatic rings. The zero-order valence-corrected chi connectivity index (χ0v) is 15.5. The SMILES string of the molecule is CCOC(=O)N1CCN(C=C2SC(=S)N(C3CCCC3)C2=O)CC1. The Balaban J connectivity index is 1.58. The van der Waals surface area contributed by atoms with Crippen molar-refractivity contribution in [2.75, 3.05) is 32.8 Å². The summed E-state index contributed by atoms with van der Waals surface area (Å²) in [5, 5.41) is 0. The maximum absolute atomic E-state index is 12.7. The van der Waals surface area contributed by atoms with Gasteiger partial charge in [-0.15, -0.1) is 0 Å². The smallest absolute Gasteiger partial charge is 0.409 e. The molecule has 132 valence electrons. The van der Waals surface area contributed by atoms with Crippen molar-refractivity contribution in [2.45, 2.75) is 38.6 Å². The number of nitrogens with zero attached hydrogens (tertiary/aromatic N) is 3. The van der Waals surface area contributed by atoms with E-state index in [1.54, 1.807) is 11.8 Å². The fraction of sp³-hybridized carbons (Fsp3) is 0.688. The second-order valence-electron chi connectivity index (χ2n) is 6.20. The average molecular weight is 370 g/mol. The molecule has 0 bridgehead atoms. The highest BCUT2D eigenvalue weighted by Crippen LogP contribution is 2.37. The second kappa shape index (κ2) is 7.74. The van der Waals surface area contributed by atoms with Gasteiger partial charge in [-0.05, 0) is 19.8 Å². The summed E-state index contributed by atoms with van der Waals surface area (Å²) in [5.74, 6) is 0.0460. The zero-order chi connectivity index (χ0) is 17.1. The molecule has 0 aromatic carbocycles. The minimum absolute atomic E-state index is 0.0460. The molecule has 3 aliphatic rings. The maximum Gasteiger partial charge on any atom is 0.409 e. The largest absolute Gasteiger partial charge is 0.450 e. The topological polar surface area (TPSA) is 53.1 Å². The van der Waals surface area contributed by atoms with Gasteiger partial charge in [0.25, 0.3) is 5.91 Å². The van der Waals surface area contributed by atoms with Crippen molar-refractivity contribution < 1.29 is 14.3 Å². The number of hydrogen-bond donors (Lipinski definition) is 0. The van der Waals surface area contributed by atoms with Crippen LogP contribution in [0, 0.1) is 0 Å². The molecule has 2 saturated heterocycles. The highest BCUT2D eigenvalue weighted by molar-refractivity contribution is 8.26. The van der Waals surface area contributed by atoms with Crippen molar-refractivity contribution in [3.05, 3.63) is 11.1 Å². The molecule has 24 heavy (non-hydrogen) atoms. The van der Waals surface area contributed by atoms with Gasteiger partial charge in [0.15, 0.2) is 0 Å². The van der Waals surface area contributed by atoms with Gasteiger partial charge < -0.3 is 14.5 Å². The summed E-state index contributed by atoms with van der Waals surface area (Å²) in [4.78, 5) is 30.7. The highest BCUT2D eigenvalue weighted by Gasteiger charge is 2.38. The Hall–Kier alpha value is -1.28. The van der Waals surface area contributed by atoms with Gasteiger partial charge >= 0.3 is 6.09 Å². The van der Waals surface area contributed by atoms with Crippen LogP contribution in [0.15, 0.2) is 11.1 Å². The Bertz CT molecular complexity index is 553. The lowest BCUT2D eigenvalue weighted by Crippen LogP contribution is -2.47. The first-order valence-corrected chi connectivity index (χ1v) is 9.75. The van der Waals surface area contributed by atoms with Gasteiger partial charge in [0.1, 0.15) is 4.32 Å². The van der Waals surface area contributed by atoms with Gasteiger partial charge in [-0.25, -0.2) is 4.79 Å². The fourth-order valence-corrected chi connectivity index (χ4v) is 4.77. The van der Waals surface area contributed by atoms with E-state index in [9.17, 15) is 9.59 Å². The molecule has 0 N–H and O–H groups in total. The van der Waals surface area contributed by atoms with Gasteiger partial charge in [-0.3, -0.25) is 9.69 Å². The first-order valence-electron chi connectivity index (χ1n) is 8.53. The average Bonchev–Trinajstić information content (AvgIpc) is 3.17. The number of thioether (sulfide) groups is 1. The molecule has 6 nitrogen and oxygen atoms in total. The van der Waals surface area contributed by atoms with Gasteiger partial charge in [-0.1, -0.05) is 36.8 Å². The number of carbonyl (C=O) groups is 2. The Morgan fingerprint density at radius 1 is 1.29 bits per heavy atom. The molecule has 0 radical (unpaired) electrons. The standard InChI is InChI=1S/C16H23N3O3S2/c1-2-22-15(21)18-9-7-17(8-10-18)11-13-14(20)19(16(23)24-13)12-5-3-4-6-12/h11-12H,2-10H2,1H3. The Morgan fingerprint density at radius 3 is 2.58 bits per heavy atom. The van der Waals surface area contributed by atoms with E-state index < -0.39 is 0 Å². The van der Waals surface area contributed by atoms with Gasteiger partial charge in [0, 0.05) is 38.4 Å². The van der Waals surface area contributed by atoms with Crippen LogP contribution in [0.1, 0.15) is 32.6 Å². The lowest BCUT2D eigenvalue weighted by Gasteiger charge is -2.33. The van der Waals surface area contributed by atoms with Crippen LogP contribution in [-0.2, 0) is 9.53 Å². The minimum atomic E-state index is -0.260. The quantitative estimate of drug-likeness (QED) is 0.562. The van der Waals surface area contributed by atoms with Crippen LogP contribution in [0.5, 0.6) is 0 Å². The van der Waals surface area contributed by atoms with Crippen LogP contribution in [0.4, 0.5) is 4.79 Å². The molecule has 2 aliphatic heterocycles. The second-order valence-corrected chi connectivity index (χ2v) is 7.87. The van der Waals surface area contributed by atoms with Crippen molar-refractivity contribution in [3.63, 3.8) is 0 Å². The molecule has 3 rings (SSSR count). The van der Waals surface area contributed by atoms with Crippen LogP contribution < -0.4 is 0 Å². The van der Waals surface area contributed by atoms with Crippen molar-refractivity contribution in [1.82, 2.24) is 14.7 Å². The third kappa shape index (κ3) is 3.69. The number of thiocarbonyl (C=S) groups is 1. The Labute approximate surface area is 152 Å². The van der Waals surface area contributed by atoms with E-state index in [0.29, 0.717) is 42.0 Å². The summed E-state index contributed by atoms with van der Waals surface area (Å²) in [5.41, 5.74) is 0. The third-order valence-electron chi connectivity index (χ3n) is 4.65. The monoisotopic (exact) mass is 369 g/mol. The summed E-state index contributed by atoms with van der Waals surface area (Å²) in [6.07, 6.45) is 6.12. The van der Waals surface area contributed by atoms with Gasteiger partial charge in [0.2, 0.25) is 0 Å². The molecule has 1 aliphatic carbocycles. The lowest BCUT2D eigenvalue weighted by atomic mass is 10.2. The van der Waals surface area contributed by atoms with Crippen LogP contribution in [0.3, 0.4) is 0 Å². The van der Waals surface area contributed by atoms with E-state index in [1.165, 1.54) is 24.6 Å². The van der Waals surface area contributed by atoms with E-state index in [1.807, 2.05) is 11.1 Å². The van der Waals surface area contributed by atoms with Crippen LogP contribution in [-0.4, -0.2) is 69.8 Å². The molecular formula is C16H23N3O3S2. The molecule has 1 saturated carbocycles. The highest BCUT2D eigenvalue weighted by atomic mass is 32.2. The molecule has 0 spiro atoms. The Kier molecular flexibility index (Phi) is 5.65. The number of carbonyl (C=O) groups excluding carboxylic acids is 2. The predicted molar refractivity (Wildman–Crippen MR) is 97.5 cm³/mol. The van der Waals surface area contributed by atoms with Crippen LogP contribution in [0.25, 0.3) is 0 Å². The van der Waals surface area contributed by atoms with E-state index >= 15 is 0 Å². The molecule has 8 heteroatoms. The van der Waals surface area contributed by atoms with Crippen LogP contribution >= 0.6 is 24.0 Å². The molecule has 2 heterocycles. The number of hydrogen-bond acceptors (Lipinski definition) is 6. The fourth-order valence-electron chi connectivity index (χ4n) is 3.36. The summed E-state index contributed by atoms with van der Waals surface area (Å²) in [6, 6.07) is 0.282. The normalized spacial score (nSPS) is 24.4. The van der Waals surface area contributed by atoms with Crippen molar-refractivity contribution in [1.29, 1.82) is 0 Å². The summed E-state index contributed by atoms with van der Waals surface area (Å²) >= 11 is 6.82. The molecule has 2 amide bonds. The number of piperazine rings is 1. The molecule has 0 atom stereocenters. The molecule has 0 aromatic heterocycles. The summed E-state index contributed by atoms with van der Waals surface area (Å²) < 4.78 is 5.71. The predicted octanol–water partition coefficient (Wildman–Crippen LogP) is 2.40. The maximum atomic E-state index is 12.7. The number of amides is 2. The molecule has 0 unspecified atom stereocenters. The van der Waals surface area contributed by atoms with E-state index in [-0.39, 0.29) is 18.0 Å². The van der Waals surface area contributed by atoms with E-state index in [2.05, 4.69) is 4.90 Å².